The number of rotatable bonds is 5. The average Bonchev–Trinajstić information content (AvgIpc) is 3.18. The molecule has 0 N–H and O–H groups in total. The number of benzene rings is 1. The number of nitrogens with zero attached hydrogens (tertiary/aromatic N) is 5. The van der Waals surface area contributed by atoms with Crippen LogP contribution >= 0.6 is 0 Å². The van der Waals surface area contributed by atoms with Gasteiger partial charge in [0.1, 0.15) is 5.82 Å². The van der Waals surface area contributed by atoms with Gasteiger partial charge in [0.05, 0.1) is 13.2 Å². The Morgan fingerprint density at radius 2 is 1.89 bits per heavy atom. The van der Waals surface area contributed by atoms with Crippen LogP contribution in [0.2, 0.25) is 0 Å². The van der Waals surface area contributed by atoms with Crippen molar-refractivity contribution in [3.63, 3.8) is 0 Å². The number of hydrogen-bond donors (Lipinski definition) is 0. The first-order chi connectivity index (χ1) is 13.4. The van der Waals surface area contributed by atoms with Crippen molar-refractivity contribution in [2.45, 2.75) is 20.4 Å². The van der Waals surface area contributed by atoms with Crippen LogP contribution in [0.25, 0.3) is 22.6 Å². The van der Waals surface area contributed by atoms with Crippen LogP contribution in [0.5, 0.6) is 0 Å². The highest BCUT2D eigenvalue weighted by Crippen LogP contribution is 2.21. The molecule has 0 saturated heterocycles. The van der Waals surface area contributed by atoms with Gasteiger partial charge in [0, 0.05) is 31.2 Å². The zero-order valence-corrected chi connectivity index (χ0v) is 15.8. The molecule has 0 amide bonds. The van der Waals surface area contributed by atoms with E-state index in [2.05, 4.69) is 4.98 Å². The first-order valence-corrected chi connectivity index (χ1v) is 8.97. The zero-order valence-electron chi connectivity index (χ0n) is 15.8. The highest BCUT2D eigenvalue weighted by molar-refractivity contribution is 5.76. The van der Waals surface area contributed by atoms with Gasteiger partial charge in [-0.05, 0) is 38.1 Å². The summed E-state index contributed by atoms with van der Waals surface area (Å²) in [6.45, 7) is 4.67. The van der Waals surface area contributed by atoms with E-state index >= 15 is 0 Å². The van der Waals surface area contributed by atoms with E-state index in [4.69, 9.17) is 4.74 Å². The smallest absolute Gasteiger partial charge is 0.332 e. The van der Waals surface area contributed by atoms with Crippen molar-refractivity contribution in [2.75, 3.05) is 13.2 Å². The number of imidazole rings is 2. The van der Waals surface area contributed by atoms with Crippen LogP contribution in [0.4, 0.5) is 4.39 Å². The van der Waals surface area contributed by atoms with Gasteiger partial charge in [0.2, 0.25) is 5.78 Å². The monoisotopic (exact) mass is 385 g/mol. The van der Waals surface area contributed by atoms with E-state index in [1.165, 1.54) is 16.7 Å². The van der Waals surface area contributed by atoms with Gasteiger partial charge in [0.15, 0.2) is 11.2 Å². The molecule has 0 saturated carbocycles. The molecule has 0 aliphatic carbocycles. The SMILES string of the molecule is CCOCCn1c(=O)c2c(nc3n(-c4ccc(F)cc4)c(C)cn23)n(C)c1=O. The molecule has 0 fully saturated rings. The van der Waals surface area contributed by atoms with Gasteiger partial charge >= 0.3 is 5.69 Å². The molecule has 4 aromatic rings. The summed E-state index contributed by atoms with van der Waals surface area (Å²) < 4.78 is 24.6. The van der Waals surface area contributed by atoms with E-state index in [0.717, 1.165) is 10.3 Å². The van der Waals surface area contributed by atoms with E-state index < -0.39 is 11.2 Å². The van der Waals surface area contributed by atoms with Gasteiger partial charge in [-0.25, -0.2) is 9.18 Å². The lowest BCUT2D eigenvalue weighted by Gasteiger charge is -2.08. The highest BCUT2D eigenvalue weighted by Gasteiger charge is 2.20. The number of halogens is 1. The fraction of sp³-hybridized carbons (Fsp3) is 0.316. The van der Waals surface area contributed by atoms with Gasteiger partial charge in [-0.3, -0.25) is 22.9 Å². The van der Waals surface area contributed by atoms with Crippen molar-refractivity contribution in [1.82, 2.24) is 23.1 Å². The van der Waals surface area contributed by atoms with Crippen LogP contribution in [0.15, 0.2) is 40.1 Å². The summed E-state index contributed by atoms with van der Waals surface area (Å²) in [7, 11) is 1.59. The standard InChI is InChI=1S/C19H20FN5O3/c1-4-28-10-9-23-17(26)15-16(22(3)19(23)27)21-18-24(15)11-12(2)25(18)14-7-5-13(20)6-8-14/h5-8,11H,4,9-10H2,1-3H3. The molecule has 0 radical (unpaired) electrons. The molecule has 146 valence electrons. The molecule has 0 aliphatic rings. The minimum atomic E-state index is -0.442. The second kappa shape index (κ2) is 6.75. The molecule has 9 heteroatoms. The van der Waals surface area contributed by atoms with Gasteiger partial charge in [-0.15, -0.1) is 0 Å². The third kappa shape index (κ3) is 2.66. The maximum atomic E-state index is 13.3. The molecule has 28 heavy (non-hydrogen) atoms. The van der Waals surface area contributed by atoms with Crippen molar-refractivity contribution in [3.8, 4) is 5.69 Å². The Labute approximate surface area is 159 Å². The minimum Gasteiger partial charge on any atom is -0.380 e. The first kappa shape index (κ1) is 18.2. The van der Waals surface area contributed by atoms with Crippen LogP contribution in [-0.2, 0) is 18.3 Å². The fourth-order valence-electron chi connectivity index (χ4n) is 3.42. The molecule has 8 nitrogen and oxygen atoms in total. The second-order valence-electron chi connectivity index (χ2n) is 6.53. The van der Waals surface area contributed by atoms with E-state index in [1.54, 1.807) is 29.8 Å². The molecule has 3 aromatic heterocycles. The number of fused-ring (bicyclic) bond motifs is 3. The summed E-state index contributed by atoms with van der Waals surface area (Å²) in [6, 6.07) is 6.01. The molecular weight excluding hydrogens is 365 g/mol. The summed E-state index contributed by atoms with van der Waals surface area (Å²) in [4.78, 5) is 30.2. The maximum Gasteiger partial charge on any atom is 0.332 e. The molecule has 0 aliphatic heterocycles. The molecule has 1 aromatic carbocycles. The number of hydrogen-bond acceptors (Lipinski definition) is 4. The Bertz CT molecular complexity index is 1290. The Morgan fingerprint density at radius 1 is 1.18 bits per heavy atom. The molecule has 4 rings (SSSR count). The molecule has 3 heterocycles. The summed E-state index contributed by atoms with van der Waals surface area (Å²) in [5, 5.41) is 0. The van der Waals surface area contributed by atoms with Gasteiger partial charge in [0.25, 0.3) is 5.56 Å². The first-order valence-electron chi connectivity index (χ1n) is 8.97. The number of ether oxygens (including phenoxy) is 1. The Balaban J connectivity index is 2.01. The van der Waals surface area contributed by atoms with Crippen molar-refractivity contribution in [2.24, 2.45) is 7.05 Å². The van der Waals surface area contributed by atoms with Gasteiger partial charge < -0.3 is 4.74 Å². The molecule has 0 atom stereocenters. The van der Waals surface area contributed by atoms with Crippen molar-refractivity contribution in [1.29, 1.82) is 0 Å². The normalized spacial score (nSPS) is 11.7. The van der Waals surface area contributed by atoms with Crippen LogP contribution in [0, 0.1) is 12.7 Å². The van der Waals surface area contributed by atoms with Gasteiger partial charge in [-0.2, -0.15) is 4.98 Å². The van der Waals surface area contributed by atoms with Crippen molar-refractivity contribution >= 4 is 16.9 Å². The lowest BCUT2D eigenvalue weighted by molar-refractivity contribution is 0.137. The summed E-state index contributed by atoms with van der Waals surface area (Å²) >= 11 is 0. The molecule has 0 unspecified atom stereocenters. The van der Waals surface area contributed by atoms with E-state index in [-0.39, 0.29) is 19.0 Å². The third-order valence-electron chi connectivity index (χ3n) is 4.77. The van der Waals surface area contributed by atoms with E-state index in [1.807, 2.05) is 18.4 Å². The lowest BCUT2D eigenvalue weighted by Crippen LogP contribution is -2.40. The quantitative estimate of drug-likeness (QED) is 0.489. The fourth-order valence-corrected chi connectivity index (χ4v) is 3.42. The van der Waals surface area contributed by atoms with Crippen LogP contribution in [0.1, 0.15) is 12.6 Å². The molecule has 0 bridgehead atoms. The Morgan fingerprint density at radius 3 is 2.57 bits per heavy atom. The van der Waals surface area contributed by atoms with E-state index in [0.29, 0.717) is 29.2 Å². The summed E-state index contributed by atoms with van der Waals surface area (Å²) in [6.07, 6.45) is 1.78. The minimum absolute atomic E-state index is 0.167. The molecule has 0 spiro atoms. The third-order valence-corrected chi connectivity index (χ3v) is 4.77. The largest absolute Gasteiger partial charge is 0.380 e. The predicted molar refractivity (Wildman–Crippen MR) is 103 cm³/mol. The van der Waals surface area contributed by atoms with Crippen LogP contribution < -0.4 is 11.2 Å². The topological polar surface area (TPSA) is 75.5 Å². The summed E-state index contributed by atoms with van der Waals surface area (Å²) in [5.74, 6) is 0.145. The van der Waals surface area contributed by atoms with Crippen molar-refractivity contribution < 1.29 is 9.13 Å². The Kier molecular flexibility index (Phi) is 4.38. The average molecular weight is 385 g/mol. The number of aryl methyl sites for hydroxylation is 2. The summed E-state index contributed by atoms with van der Waals surface area (Å²) in [5.41, 5.74) is 1.30. The predicted octanol–water partition coefficient (Wildman–Crippen LogP) is 1.62. The lowest BCUT2D eigenvalue weighted by atomic mass is 10.3. The number of aromatic nitrogens is 5. The second-order valence-corrected chi connectivity index (χ2v) is 6.53. The van der Waals surface area contributed by atoms with Crippen molar-refractivity contribution in [3.05, 3.63) is 62.8 Å². The molecular formula is C19H20FN5O3. The van der Waals surface area contributed by atoms with Gasteiger partial charge in [-0.1, -0.05) is 0 Å². The van der Waals surface area contributed by atoms with Crippen LogP contribution in [0.3, 0.4) is 0 Å². The van der Waals surface area contributed by atoms with E-state index in [9.17, 15) is 14.0 Å². The Hall–Kier alpha value is -3.20. The van der Waals surface area contributed by atoms with Crippen LogP contribution in [-0.4, -0.2) is 36.3 Å². The highest BCUT2D eigenvalue weighted by atomic mass is 19.1. The maximum absolute atomic E-state index is 13.3. The zero-order chi connectivity index (χ0) is 20.0.